The predicted octanol–water partition coefficient (Wildman–Crippen LogP) is 3.27. The SMILES string of the molecule is CCOC(=O)c1cc(F)cc(C)c1NC(=O)C(C)[N+]1(CC)CCCC1. The lowest BCUT2D eigenvalue weighted by Crippen LogP contribution is -2.56. The first-order valence-electron chi connectivity index (χ1n) is 8.98. The Hall–Kier alpha value is -1.95. The number of likely N-dealkylation sites (tertiary alicyclic amines) is 1. The number of quaternary nitrogens is 1. The van der Waals surface area contributed by atoms with Gasteiger partial charge in [-0.1, -0.05) is 0 Å². The van der Waals surface area contributed by atoms with E-state index in [0.717, 1.165) is 43.0 Å². The number of amides is 1. The van der Waals surface area contributed by atoms with Crippen molar-refractivity contribution in [3.05, 3.63) is 29.1 Å². The zero-order chi connectivity index (χ0) is 18.6. The van der Waals surface area contributed by atoms with E-state index < -0.39 is 11.8 Å². The van der Waals surface area contributed by atoms with Gasteiger partial charge >= 0.3 is 5.97 Å². The number of carbonyl (C=O) groups is 2. The van der Waals surface area contributed by atoms with Crippen LogP contribution in [0.3, 0.4) is 0 Å². The van der Waals surface area contributed by atoms with E-state index in [0.29, 0.717) is 11.3 Å². The molecule has 1 unspecified atom stereocenters. The van der Waals surface area contributed by atoms with E-state index in [1.807, 2.05) is 6.92 Å². The van der Waals surface area contributed by atoms with Crippen LogP contribution >= 0.6 is 0 Å². The molecule has 0 radical (unpaired) electrons. The molecule has 0 saturated carbocycles. The van der Waals surface area contributed by atoms with Crippen LogP contribution in [0.15, 0.2) is 12.1 Å². The smallest absolute Gasteiger partial charge is 0.340 e. The highest BCUT2D eigenvalue weighted by atomic mass is 19.1. The number of aryl methyl sites for hydroxylation is 1. The van der Waals surface area contributed by atoms with E-state index in [1.54, 1.807) is 13.8 Å². The molecule has 2 rings (SSSR count). The Morgan fingerprint density at radius 2 is 1.92 bits per heavy atom. The minimum atomic E-state index is -0.631. The summed E-state index contributed by atoms with van der Waals surface area (Å²) < 4.78 is 19.5. The molecule has 1 N–H and O–H groups in total. The van der Waals surface area contributed by atoms with E-state index in [9.17, 15) is 14.0 Å². The molecule has 1 fully saturated rings. The van der Waals surface area contributed by atoms with Crippen LogP contribution in [0.2, 0.25) is 0 Å². The van der Waals surface area contributed by atoms with Gasteiger partial charge in [-0.3, -0.25) is 4.79 Å². The molecule has 1 atom stereocenters. The summed E-state index contributed by atoms with van der Waals surface area (Å²) in [4.78, 5) is 25.0. The quantitative estimate of drug-likeness (QED) is 0.632. The second-order valence-corrected chi connectivity index (χ2v) is 6.72. The van der Waals surface area contributed by atoms with E-state index in [2.05, 4.69) is 12.2 Å². The molecule has 1 amide bonds. The lowest BCUT2D eigenvalue weighted by Gasteiger charge is -2.38. The largest absolute Gasteiger partial charge is 0.462 e. The fraction of sp³-hybridized carbons (Fsp3) is 0.579. The Morgan fingerprint density at radius 3 is 2.48 bits per heavy atom. The number of anilines is 1. The summed E-state index contributed by atoms with van der Waals surface area (Å²) in [7, 11) is 0. The standard InChI is InChI=1S/C19H27FN2O3/c1-5-22(9-7-8-10-22)14(4)18(23)21-17-13(3)11-15(20)12-16(17)19(24)25-6-2/h11-12,14H,5-10H2,1-4H3/p+1. The van der Waals surface area contributed by atoms with Crippen molar-refractivity contribution >= 4 is 17.6 Å². The number of hydrogen-bond acceptors (Lipinski definition) is 3. The van der Waals surface area contributed by atoms with Gasteiger partial charge in [-0.2, -0.15) is 0 Å². The summed E-state index contributed by atoms with van der Waals surface area (Å²) in [5, 5.41) is 2.86. The van der Waals surface area contributed by atoms with E-state index >= 15 is 0 Å². The molecule has 25 heavy (non-hydrogen) atoms. The number of nitrogens with one attached hydrogen (secondary N) is 1. The number of likely N-dealkylation sites (N-methyl/N-ethyl adjacent to an activating group) is 1. The third-order valence-corrected chi connectivity index (χ3v) is 5.33. The van der Waals surface area contributed by atoms with Gasteiger partial charge in [0.25, 0.3) is 5.91 Å². The highest BCUT2D eigenvalue weighted by Gasteiger charge is 2.40. The molecule has 1 heterocycles. The third kappa shape index (κ3) is 4.00. The molecule has 0 bridgehead atoms. The average molecular weight is 351 g/mol. The lowest BCUT2D eigenvalue weighted by atomic mass is 10.1. The Morgan fingerprint density at radius 1 is 1.28 bits per heavy atom. The van der Waals surface area contributed by atoms with Gasteiger partial charge in [-0.05, 0) is 45.4 Å². The van der Waals surface area contributed by atoms with Crippen LogP contribution < -0.4 is 5.32 Å². The molecule has 0 aromatic heterocycles. The summed E-state index contributed by atoms with van der Waals surface area (Å²) in [6.45, 7) is 10.4. The second-order valence-electron chi connectivity index (χ2n) is 6.72. The molecule has 138 valence electrons. The van der Waals surface area contributed by atoms with Gasteiger partial charge in [-0.25, -0.2) is 9.18 Å². The zero-order valence-electron chi connectivity index (χ0n) is 15.5. The molecule has 1 aromatic carbocycles. The fourth-order valence-electron chi connectivity index (χ4n) is 3.70. The molecule has 0 aliphatic carbocycles. The third-order valence-electron chi connectivity index (χ3n) is 5.33. The monoisotopic (exact) mass is 351 g/mol. The van der Waals surface area contributed by atoms with Crippen LogP contribution in [-0.4, -0.2) is 48.6 Å². The van der Waals surface area contributed by atoms with Crippen molar-refractivity contribution in [2.45, 2.75) is 46.6 Å². The topological polar surface area (TPSA) is 55.4 Å². The molecule has 1 aliphatic rings. The zero-order valence-corrected chi connectivity index (χ0v) is 15.5. The summed E-state index contributed by atoms with van der Waals surface area (Å²) in [6.07, 6.45) is 2.24. The van der Waals surface area contributed by atoms with E-state index in [1.165, 1.54) is 6.07 Å². The first-order valence-corrected chi connectivity index (χ1v) is 8.98. The Labute approximate surface area is 148 Å². The number of halogens is 1. The first kappa shape index (κ1) is 19.4. The predicted molar refractivity (Wildman–Crippen MR) is 95.0 cm³/mol. The number of esters is 1. The Bertz CT molecular complexity index is 654. The van der Waals surface area contributed by atoms with Gasteiger partial charge in [0, 0.05) is 12.8 Å². The van der Waals surface area contributed by atoms with Crippen molar-refractivity contribution in [3.63, 3.8) is 0 Å². The van der Waals surface area contributed by atoms with Crippen molar-refractivity contribution < 1.29 is 23.2 Å². The van der Waals surface area contributed by atoms with Gasteiger partial charge < -0.3 is 14.5 Å². The maximum Gasteiger partial charge on any atom is 0.340 e. The number of carbonyl (C=O) groups excluding carboxylic acids is 2. The van der Waals surface area contributed by atoms with Crippen molar-refractivity contribution in [3.8, 4) is 0 Å². The maximum atomic E-state index is 13.7. The summed E-state index contributed by atoms with van der Waals surface area (Å²) >= 11 is 0. The number of benzene rings is 1. The molecular formula is C19H28FN2O3+. The fourth-order valence-corrected chi connectivity index (χ4v) is 3.70. The highest BCUT2D eigenvalue weighted by Crippen LogP contribution is 2.27. The minimum absolute atomic E-state index is 0.0596. The number of rotatable bonds is 6. The second kappa shape index (κ2) is 7.95. The van der Waals surface area contributed by atoms with Crippen molar-refractivity contribution in [1.29, 1.82) is 0 Å². The summed E-state index contributed by atoms with van der Waals surface area (Å²) in [5.41, 5.74) is 0.905. The van der Waals surface area contributed by atoms with Crippen molar-refractivity contribution in [1.82, 2.24) is 0 Å². The van der Waals surface area contributed by atoms with Gasteiger partial charge in [0.1, 0.15) is 5.82 Å². The number of nitrogens with zero attached hydrogens (tertiary/aromatic N) is 1. The van der Waals surface area contributed by atoms with Crippen LogP contribution in [0.1, 0.15) is 49.5 Å². The summed E-state index contributed by atoms with van der Waals surface area (Å²) in [5.74, 6) is -1.30. The van der Waals surface area contributed by atoms with Gasteiger partial charge in [0.2, 0.25) is 0 Å². The van der Waals surface area contributed by atoms with Crippen LogP contribution in [-0.2, 0) is 9.53 Å². The van der Waals surface area contributed by atoms with Gasteiger partial charge in [0.15, 0.2) is 6.04 Å². The van der Waals surface area contributed by atoms with Gasteiger partial charge in [0.05, 0.1) is 37.5 Å². The van der Waals surface area contributed by atoms with E-state index in [4.69, 9.17) is 4.74 Å². The van der Waals surface area contributed by atoms with Crippen LogP contribution in [0.4, 0.5) is 10.1 Å². The Balaban J connectivity index is 2.29. The molecule has 1 saturated heterocycles. The number of hydrogen-bond donors (Lipinski definition) is 1. The van der Waals surface area contributed by atoms with Crippen molar-refractivity contribution in [2.75, 3.05) is 31.6 Å². The molecule has 1 aromatic rings. The van der Waals surface area contributed by atoms with Crippen molar-refractivity contribution in [2.24, 2.45) is 0 Å². The molecule has 0 spiro atoms. The number of ether oxygens (including phenoxy) is 1. The summed E-state index contributed by atoms with van der Waals surface area (Å²) in [6, 6.07) is 2.20. The highest BCUT2D eigenvalue weighted by molar-refractivity contribution is 6.03. The Kier molecular flexibility index (Phi) is 6.16. The molecule has 1 aliphatic heterocycles. The molecular weight excluding hydrogens is 323 g/mol. The normalized spacial score (nSPS) is 17.2. The maximum absolute atomic E-state index is 13.7. The first-order chi connectivity index (χ1) is 11.8. The lowest BCUT2D eigenvalue weighted by molar-refractivity contribution is -0.928. The van der Waals surface area contributed by atoms with Gasteiger partial charge in [-0.15, -0.1) is 0 Å². The van der Waals surface area contributed by atoms with Crippen LogP contribution in [0.25, 0.3) is 0 Å². The average Bonchev–Trinajstić information content (AvgIpc) is 3.06. The van der Waals surface area contributed by atoms with E-state index in [-0.39, 0.29) is 24.1 Å². The molecule has 5 nitrogen and oxygen atoms in total. The minimum Gasteiger partial charge on any atom is -0.462 e. The molecule has 6 heteroatoms. The van der Waals surface area contributed by atoms with Crippen LogP contribution in [0, 0.1) is 12.7 Å². The van der Waals surface area contributed by atoms with Crippen LogP contribution in [0.5, 0.6) is 0 Å².